The molecule has 0 spiro atoms. The van der Waals surface area contributed by atoms with Crippen molar-refractivity contribution in [2.24, 2.45) is 0 Å². The SMILES string of the molecule is COc1ccc(-c2cc(C(=O)O)c3c(Cl)ccc(C)c3n2)c(C)c1. The number of pyridine rings is 1. The fourth-order valence-electron chi connectivity index (χ4n) is 2.79. The lowest BCUT2D eigenvalue weighted by Gasteiger charge is -2.12. The molecule has 0 aliphatic rings. The molecule has 1 N–H and O–H groups in total. The van der Waals surface area contributed by atoms with Crippen LogP contribution in [0.1, 0.15) is 21.5 Å². The standard InChI is InChI=1S/C19H16ClNO3/c1-10-4-7-15(20)17-14(19(22)23)9-16(21-18(10)17)13-6-5-12(24-3)8-11(13)2/h4-9H,1-3H3,(H,22,23). The Labute approximate surface area is 144 Å². The fourth-order valence-corrected chi connectivity index (χ4v) is 3.04. The Balaban J connectivity index is 2.35. The van der Waals surface area contributed by atoms with E-state index >= 15 is 0 Å². The molecule has 0 unspecified atom stereocenters. The second-order valence-electron chi connectivity index (χ2n) is 5.63. The van der Waals surface area contributed by atoms with Crippen LogP contribution in [0.5, 0.6) is 5.75 Å². The molecule has 122 valence electrons. The van der Waals surface area contributed by atoms with Crippen molar-refractivity contribution in [3.8, 4) is 17.0 Å². The van der Waals surface area contributed by atoms with Gasteiger partial charge in [0, 0.05) is 10.9 Å². The molecular weight excluding hydrogens is 326 g/mol. The number of hydrogen-bond donors (Lipinski definition) is 1. The number of hydrogen-bond acceptors (Lipinski definition) is 3. The molecule has 0 bridgehead atoms. The normalized spacial score (nSPS) is 10.8. The van der Waals surface area contributed by atoms with Gasteiger partial charge in [0.1, 0.15) is 5.75 Å². The number of aromatic nitrogens is 1. The summed E-state index contributed by atoms with van der Waals surface area (Å²) in [5.74, 6) is -0.281. The lowest BCUT2D eigenvalue weighted by Crippen LogP contribution is -2.02. The van der Waals surface area contributed by atoms with Crippen LogP contribution in [0.2, 0.25) is 5.02 Å². The number of benzene rings is 2. The number of carbonyl (C=O) groups is 1. The van der Waals surface area contributed by atoms with E-state index in [0.29, 0.717) is 21.6 Å². The Hall–Kier alpha value is -2.59. The van der Waals surface area contributed by atoms with Crippen LogP contribution in [0.15, 0.2) is 36.4 Å². The van der Waals surface area contributed by atoms with E-state index in [2.05, 4.69) is 4.98 Å². The smallest absolute Gasteiger partial charge is 0.336 e. The van der Waals surface area contributed by atoms with E-state index in [1.54, 1.807) is 19.2 Å². The monoisotopic (exact) mass is 341 g/mol. The number of ether oxygens (including phenoxy) is 1. The van der Waals surface area contributed by atoms with E-state index in [1.165, 1.54) is 0 Å². The first-order valence-corrected chi connectivity index (χ1v) is 7.78. The quantitative estimate of drug-likeness (QED) is 0.737. The second-order valence-corrected chi connectivity index (χ2v) is 6.04. The number of carboxylic acids is 1. The van der Waals surface area contributed by atoms with Crippen LogP contribution in [0.25, 0.3) is 22.2 Å². The highest BCUT2D eigenvalue weighted by Crippen LogP contribution is 2.33. The van der Waals surface area contributed by atoms with E-state index < -0.39 is 5.97 Å². The predicted octanol–water partition coefficient (Wildman–Crippen LogP) is 4.88. The van der Waals surface area contributed by atoms with Crippen molar-refractivity contribution in [2.45, 2.75) is 13.8 Å². The maximum Gasteiger partial charge on any atom is 0.336 e. The number of aromatic carboxylic acids is 1. The predicted molar refractivity (Wildman–Crippen MR) is 95.2 cm³/mol. The summed E-state index contributed by atoms with van der Waals surface area (Å²) in [6.07, 6.45) is 0. The summed E-state index contributed by atoms with van der Waals surface area (Å²) in [5.41, 5.74) is 4.05. The van der Waals surface area contributed by atoms with Crippen molar-refractivity contribution in [3.63, 3.8) is 0 Å². The molecule has 5 heteroatoms. The minimum absolute atomic E-state index is 0.152. The highest BCUT2D eigenvalue weighted by molar-refractivity contribution is 6.36. The zero-order chi connectivity index (χ0) is 17.4. The summed E-state index contributed by atoms with van der Waals surface area (Å²) in [4.78, 5) is 16.4. The number of aryl methyl sites for hydroxylation is 2. The first kappa shape index (κ1) is 16.3. The summed E-state index contributed by atoms with van der Waals surface area (Å²) in [5, 5.41) is 10.5. The minimum atomic E-state index is -1.03. The summed E-state index contributed by atoms with van der Waals surface area (Å²) < 4.78 is 5.22. The molecule has 0 radical (unpaired) electrons. The summed E-state index contributed by atoms with van der Waals surface area (Å²) >= 11 is 6.23. The minimum Gasteiger partial charge on any atom is -0.497 e. The van der Waals surface area contributed by atoms with Gasteiger partial charge in [-0.1, -0.05) is 17.7 Å². The van der Waals surface area contributed by atoms with Crippen LogP contribution < -0.4 is 4.74 Å². The zero-order valence-corrected chi connectivity index (χ0v) is 14.3. The molecule has 0 saturated heterocycles. The molecule has 0 fully saturated rings. The number of nitrogens with zero attached hydrogens (tertiary/aromatic N) is 1. The largest absolute Gasteiger partial charge is 0.497 e. The maximum atomic E-state index is 11.7. The Morgan fingerprint density at radius 1 is 1.12 bits per heavy atom. The molecule has 1 aromatic heterocycles. The molecule has 0 aliphatic carbocycles. The first-order chi connectivity index (χ1) is 11.4. The van der Waals surface area contributed by atoms with Crippen LogP contribution in [-0.4, -0.2) is 23.2 Å². The van der Waals surface area contributed by atoms with Crippen LogP contribution in [0.4, 0.5) is 0 Å². The van der Waals surface area contributed by atoms with Crippen LogP contribution >= 0.6 is 11.6 Å². The number of fused-ring (bicyclic) bond motifs is 1. The average Bonchev–Trinajstić information content (AvgIpc) is 2.57. The number of halogens is 1. The molecule has 0 saturated carbocycles. The van der Waals surface area contributed by atoms with Crippen molar-refractivity contribution in [1.29, 1.82) is 0 Å². The molecule has 3 aromatic rings. The van der Waals surface area contributed by atoms with Gasteiger partial charge >= 0.3 is 5.97 Å². The van der Waals surface area contributed by atoms with Gasteiger partial charge in [-0.2, -0.15) is 0 Å². The van der Waals surface area contributed by atoms with Gasteiger partial charge in [-0.3, -0.25) is 0 Å². The third-order valence-corrected chi connectivity index (χ3v) is 4.37. The zero-order valence-electron chi connectivity index (χ0n) is 13.6. The topological polar surface area (TPSA) is 59.4 Å². The maximum absolute atomic E-state index is 11.7. The average molecular weight is 342 g/mol. The number of carboxylic acid groups (broad SMARTS) is 1. The molecule has 2 aromatic carbocycles. The molecule has 24 heavy (non-hydrogen) atoms. The van der Waals surface area contributed by atoms with Gasteiger partial charge in [-0.05, 0) is 55.3 Å². The van der Waals surface area contributed by atoms with Crippen molar-refractivity contribution in [3.05, 3.63) is 58.1 Å². The van der Waals surface area contributed by atoms with Crippen molar-refractivity contribution in [2.75, 3.05) is 7.11 Å². The Kier molecular flexibility index (Phi) is 4.16. The lowest BCUT2D eigenvalue weighted by atomic mass is 9.99. The number of rotatable bonds is 3. The number of methoxy groups -OCH3 is 1. The molecule has 0 amide bonds. The van der Waals surface area contributed by atoms with Gasteiger partial charge in [-0.25, -0.2) is 9.78 Å². The van der Waals surface area contributed by atoms with E-state index in [-0.39, 0.29) is 5.56 Å². The third kappa shape index (κ3) is 2.69. The van der Waals surface area contributed by atoms with Gasteiger partial charge in [-0.15, -0.1) is 0 Å². The van der Waals surface area contributed by atoms with Crippen LogP contribution in [-0.2, 0) is 0 Å². The van der Waals surface area contributed by atoms with Gasteiger partial charge in [0.2, 0.25) is 0 Å². The van der Waals surface area contributed by atoms with Crippen molar-refractivity contribution in [1.82, 2.24) is 4.98 Å². The third-order valence-electron chi connectivity index (χ3n) is 4.05. The fraction of sp³-hybridized carbons (Fsp3) is 0.158. The Morgan fingerprint density at radius 3 is 2.50 bits per heavy atom. The van der Waals surface area contributed by atoms with E-state index in [1.807, 2.05) is 38.1 Å². The van der Waals surface area contributed by atoms with E-state index in [0.717, 1.165) is 22.4 Å². The second kappa shape index (κ2) is 6.13. The van der Waals surface area contributed by atoms with Gasteiger partial charge in [0.15, 0.2) is 0 Å². The molecule has 1 heterocycles. The summed E-state index contributed by atoms with van der Waals surface area (Å²) in [6.45, 7) is 3.83. The lowest BCUT2D eigenvalue weighted by molar-refractivity contribution is 0.0699. The van der Waals surface area contributed by atoms with Crippen LogP contribution in [0, 0.1) is 13.8 Å². The van der Waals surface area contributed by atoms with Gasteiger partial charge in [0.25, 0.3) is 0 Å². The first-order valence-electron chi connectivity index (χ1n) is 7.40. The Bertz CT molecular complexity index is 966. The summed E-state index contributed by atoms with van der Waals surface area (Å²) in [7, 11) is 1.61. The highest BCUT2D eigenvalue weighted by atomic mass is 35.5. The Morgan fingerprint density at radius 2 is 1.88 bits per heavy atom. The molecular formula is C19H16ClNO3. The highest BCUT2D eigenvalue weighted by Gasteiger charge is 2.17. The van der Waals surface area contributed by atoms with Crippen molar-refractivity contribution >= 4 is 28.5 Å². The molecule has 0 aliphatic heterocycles. The summed E-state index contributed by atoms with van der Waals surface area (Å²) in [6, 6.07) is 10.7. The molecule has 4 nitrogen and oxygen atoms in total. The van der Waals surface area contributed by atoms with Crippen LogP contribution in [0.3, 0.4) is 0 Å². The van der Waals surface area contributed by atoms with Gasteiger partial charge < -0.3 is 9.84 Å². The van der Waals surface area contributed by atoms with E-state index in [4.69, 9.17) is 16.3 Å². The van der Waals surface area contributed by atoms with Gasteiger partial charge in [0.05, 0.1) is 28.9 Å². The van der Waals surface area contributed by atoms with E-state index in [9.17, 15) is 9.90 Å². The molecule has 0 atom stereocenters. The van der Waals surface area contributed by atoms with Crippen molar-refractivity contribution < 1.29 is 14.6 Å². The molecule has 3 rings (SSSR count).